The molecule has 5 rings (SSSR count). The van der Waals surface area contributed by atoms with Crippen LogP contribution in [0, 0.1) is 17.2 Å². The summed E-state index contributed by atoms with van der Waals surface area (Å²) >= 11 is 0. The summed E-state index contributed by atoms with van der Waals surface area (Å²) in [7, 11) is -4.41. The molecule has 2 unspecified atom stereocenters. The molecule has 1 aliphatic carbocycles. The van der Waals surface area contributed by atoms with Crippen molar-refractivity contribution in [1.29, 1.82) is 5.26 Å². The third kappa shape index (κ3) is 6.52. The zero-order valence-electron chi connectivity index (χ0n) is 23.8. The molecule has 230 valence electrons. The Kier molecular flexibility index (Phi) is 9.03. The van der Waals surface area contributed by atoms with Gasteiger partial charge in [0.25, 0.3) is 0 Å². The number of fused-ring (bicyclic) bond motifs is 1. The quantitative estimate of drug-likeness (QED) is 0.192. The van der Waals surface area contributed by atoms with Crippen molar-refractivity contribution < 1.29 is 38.1 Å². The van der Waals surface area contributed by atoms with Crippen molar-refractivity contribution in [3.8, 4) is 11.8 Å². The van der Waals surface area contributed by atoms with E-state index in [9.17, 15) is 24.8 Å². The predicted octanol–water partition coefficient (Wildman–Crippen LogP) is 2.67. The summed E-state index contributed by atoms with van der Waals surface area (Å²) in [5, 5.41) is 38.8. The second-order valence-corrected chi connectivity index (χ2v) is 12.7. The first-order valence-corrected chi connectivity index (χ1v) is 15.6. The van der Waals surface area contributed by atoms with E-state index in [1.54, 1.807) is 30.3 Å². The molecule has 43 heavy (non-hydrogen) atoms. The van der Waals surface area contributed by atoms with Gasteiger partial charge in [-0.3, -0.25) is 9.32 Å². The number of anilines is 1. The molecule has 1 saturated heterocycles. The Labute approximate surface area is 248 Å². The van der Waals surface area contributed by atoms with Gasteiger partial charge in [-0.1, -0.05) is 25.1 Å². The summed E-state index contributed by atoms with van der Waals surface area (Å²) in [4.78, 5) is 16.8. The van der Waals surface area contributed by atoms with Crippen LogP contribution >= 0.6 is 7.75 Å². The smallest absolute Gasteiger partial charge is 0.459 e. The number of carbonyl (C=O) groups is 1. The van der Waals surface area contributed by atoms with Gasteiger partial charge in [0.15, 0.2) is 5.82 Å². The lowest BCUT2D eigenvalue weighted by molar-refractivity contribution is -0.152. The van der Waals surface area contributed by atoms with Crippen molar-refractivity contribution in [3.05, 3.63) is 54.5 Å². The van der Waals surface area contributed by atoms with Crippen molar-refractivity contribution in [3.63, 3.8) is 0 Å². The number of ether oxygens (including phenoxy) is 2. The number of nitrogens with one attached hydrogen (secondary N) is 1. The van der Waals surface area contributed by atoms with Crippen LogP contribution < -0.4 is 15.3 Å². The average Bonchev–Trinajstić information content (AvgIpc) is 3.53. The monoisotopic (exact) mass is 614 g/mol. The van der Waals surface area contributed by atoms with Crippen molar-refractivity contribution in [1.82, 2.24) is 19.7 Å². The molecule has 0 bridgehead atoms. The SMILES string of the molecule is CC1CCC(OC(=O)C(C)NP(=O)(OC[C@@]2(C#N)O[C@@H](c3ccc4c(N)ncnn34)[C@H](O)[C@@H]2O)Oc2ccccc2)CC1. The number of benzene rings is 1. The number of nitrogens with two attached hydrogens (primary N) is 1. The van der Waals surface area contributed by atoms with E-state index in [2.05, 4.69) is 22.1 Å². The normalized spacial score (nSPS) is 29.4. The number of nitrogen functional groups attached to an aromatic ring is 1. The standard InChI is InChI=1S/C28H35N6O8P/c1-17-8-10-19(11-9-17)40-27(37)18(2)33-43(38,42-20-6-4-3-5-7-20)39-15-28(14-29)25(36)23(35)24(41-28)21-12-13-22-26(30)31-16-32-34(21)22/h3-7,12-13,16-19,23-25,35-36H,8-11,15H2,1-2H3,(H,33,38)(H2,30,31,32)/t17?,18?,19?,23-,24-,25-,28+,43?/m0/s1. The largest absolute Gasteiger partial charge is 0.461 e. The number of aromatic nitrogens is 3. The summed E-state index contributed by atoms with van der Waals surface area (Å²) in [6, 6.07) is 12.0. The Morgan fingerprint density at radius 2 is 1.98 bits per heavy atom. The van der Waals surface area contributed by atoms with Crippen LogP contribution in [-0.2, 0) is 23.4 Å². The van der Waals surface area contributed by atoms with Gasteiger partial charge in [-0.15, -0.1) is 0 Å². The highest BCUT2D eigenvalue weighted by Crippen LogP contribution is 2.48. The molecule has 5 N–H and O–H groups in total. The van der Waals surface area contributed by atoms with Gasteiger partial charge in [0.2, 0.25) is 5.60 Å². The maximum atomic E-state index is 14.1. The van der Waals surface area contributed by atoms with Crippen LogP contribution in [0.3, 0.4) is 0 Å². The Morgan fingerprint density at radius 3 is 2.67 bits per heavy atom. The average molecular weight is 615 g/mol. The second kappa shape index (κ2) is 12.6. The van der Waals surface area contributed by atoms with Crippen LogP contribution in [0.2, 0.25) is 0 Å². The number of aliphatic hydroxyl groups excluding tert-OH is 2. The number of carbonyl (C=O) groups excluding carboxylic acids is 1. The third-order valence-corrected chi connectivity index (χ3v) is 9.43. The summed E-state index contributed by atoms with van der Waals surface area (Å²) in [6.07, 6.45) is -0.248. The van der Waals surface area contributed by atoms with E-state index in [1.165, 1.54) is 29.9 Å². The summed E-state index contributed by atoms with van der Waals surface area (Å²) in [5.41, 5.74) is 4.46. The first kappa shape index (κ1) is 30.9. The number of aliphatic hydroxyl groups is 2. The zero-order valence-corrected chi connectivity index (χ0v) is 24.7. The van der Waals surface area contributed by atoms with Gasteiger partial charge in [0.1, 0.15) is 60.7 Å². The lowest BCUT2D eigenvalue weighted by Crippen LogP contribution is -2.46. The van der Waals surface area contributed by atoms with Crippen LogP contribution in [0.5, 0.6) is 5.75 Å². The van der Waals surface area contributed by atoms with E-state index in [0.29, 0.717) is 17.1 Å². The summed E-state index contributed by atoms with van der Waals surface area (Å²) in [6.45, 7) is 2.82. The maximum Gasteiger partial charge on any atom is 0.459 e. The molecule has 2 fully saturated rings. The molecule has 15 heteroatoms. The van der Waals surface area contributed by atoms with E-state index >= 15 is 0 Å². The van der Waals surface area contributed by atoms with E-state index in [-0.39, 0.29) is 17.7 Å². The number of rotatable bonds is 10. The predicted molar refractivity (Wildman–Crippen MR) is 152 cm³/mol. The van der Waals surface area contributed by atoms with E-state index in [0.717, 1.165) is 25.7 Å². The molecule has 1 aliphatic heterocycles. The molecular weight excluding hydrogens is 579 g/mol. The first-order chi connectivity index (χ1) is 20.5. The number of nitriles is 1. The Morgan fingerprint density at radius 1 is 1.26 bits per heavy atom. The minimum absolute atomic E-state index is 0.161. The molecule has 0 amide bonds. The van der Waals surface area contributed by atoms with Gasteiger partial charge in [-0.2, -0.15) is 15.4 Å². The van der Waals surface area contributed by atoms with Crippen LogP contribution in [0.4, 0.5) is 5.82 Å². The van der Waals surface area contributed by atoms with Gasteiger partial charge in [0, 0.05) is 0 Å². The fourth-order valence-corrected chi connectivity index (χ4v) is 6.79. The highest BCUT2D eigenvalue weighted by Gasteiger charge is 2.57. The number of nitrogens with zero attached hydrogens (tertiary/aromatic N) is 4. The van der Waals surface area contributed by atoms with Gasteiger partial charge in [-0.25, -0.2) is 14.1 Å². The van der Waals surface area contributed by atoms with Crippen LogP contribution in [0.15, 0.2) is 48.8 Å². The number of hydrogen-bond acceptors (Lipinski definition) is 12. The topological polar surface area (TPSA) is 204 Å². The van der Waals surface area contributed by atoms with Crippen LogP contribution in [0.25, 0.3) is 5.52 Å². The molecule has 2 aliphatic rings. The highest BCUT2D eigenvalue weighted by molar-refractivity contribution is 7.52. The van der Waals surface area contributed by atoms with Gasteiger partial charge >= 0.3 is 13.7 Å². The van der Waals surface area contributed by atoms with Crippen molar-refractivity contribution >= 4 is 25.1 Å². The Bertz CT molecular complexity index is 1520. The Hall–Kier alpha value is -3.57. The van der Waals surface area contributed by atoms with Crippen molar-refractivity contribution in [2.75, 3.05) is 12.3 Å². The van der Waals surface area contributed by atoms with Crippen molar-refractivity contribution in [2.24, 2.45) is 5.92 Å². The summed E-state index contributed by atoms with van der Waals surface area (Å²) in [5.74, 6) is 0.276. The Balaban J connectivity index is 1.34. The van der Waals surface area contributed by atoms with E-state index in [4.69, 9.17) is 24.3 Å². The molecule has 0 spiro atoms. The summed E-state index contributed by atoms with van der Waals surface area (Å²) < 4.78 is 38.3. The van der Waals surface area contributed by atoms with E-state index < -0.39 is 50.3 Å². The zero-order chi connectivity index (χ0) is 30.8. The number of hydrogen-bond donors (Lipinski definition) is 4. The minimum atomic E-state index is -4.41. The lowest BCUT2D eigenvalue weighted by atomic mass is 9.89. The minimum Gasteiger partial charge on any atom is -0.461 e. The van der Waals surface area contributed by atoms with E-state index in [1.807, 2.05) is 6.07 Å². The molecule has 14 nitrogen and oxygen atoms in total. The number of para-hydroxylation sites is 1. The molecule has 3 aromatic rings. The third-order valence-electron chi connectivity index (χ3n) is 7.81. The number of esters is 1. The van der Waals surface area contributed by atoms with Crippen LogP contribution in [0.1, 0.15) is 51.3 Å². The molecule has 1 aromatic carbocycles. The lowest BCUT2D eigenvalue weighted by Gasteiger charge is -2.29. The van der Waals surface area contributed by atoms with Gasteiger partial charge < -0.3 is 29.9 Å². The highest BCUT2D eigenvalue weighted by atomic mass is 31.2. The van der Waals surface area contributed by atoms with Crippen LogP contribution in [-0.4, -0.2) is 67.3 Å². The molecule has 0 radical (unpaired) electrons. The molecule has 2 aromatic heterocycles. The maximum absolute atomic E-state index is 14.1. The van der Waals surface area contributed by atoms with Gasteiger partial charge in [0.05, 0.1) is 5.69 Å². The molecule has 1 saturated carbocycles. The van der Waals surface area contributed by atoms with Gasteiger partial charge in [-0.05, 0) is 62.8 Å². The fraction of sp³-hybridized carbons (Fsp3) is 0.500. The molecule has 6 atom stereocenters. The fourth-order valence-electron chi connectivity index (χ4n) is 5.27. The molecule has 3 heterocycles. The second-order valence-electron chi connectivity index (χ2n) is 11.0. The van der Waals surface area contributed by atoms with Crippen molar-refractivity contribution in [2.45, 2.75) is 75.6 Å². The first-order valence-electron chi connectivity index (χ1n) is 14.0. The molecular formula is C28H35N6O8P.